The molecule has 0 aromatic heterocycles. The molecule has 5 nitrogen and oxygen atoms in total. The van der Waals surface area contributed by atoms with E-state index in [-0.39, 0.29) is 17.9 Å². The van der Waals surface area contributed by atoms with Crippen LogP contribution in [0.1, 0.15) is 40.0 Å². The van der Waals surface area contributed by atoms with Gasteiger partial charge in [0.15, 0.2) is 6.29 Å². The highest BCUT2D eigenvalue weighted by molar-refractivity contribution is 5.81. The number of ether oxygens (including phenoxy) is 3. The molecule has 0 aliphatic carbocycles. The standard InChI is InChI=1S/C15H26O5/c1-5-13(16)20-12(15(4,6-2)7-3)8-14(17)19-10-11-9-18-11/h5,11-12,14,17H,1,6-10H2,2-4H3. The Hall–Kier alpha value is -0.910. The van der Waals surface area contributed by atoms with E-state index in [1.807, 2.05) is 20.8 Å². The molecule has 116 valence electrons. The zero-order chi connectivity index (χ0) is 15.2. The summed E-state index contributed by atoms with van der Waals surface area (Å²) in [4.78, 5) is 11.5. The Morgan fingerprint density at radius 1 is 1.55 bits per heavy atom. The van der Waals surface area contributed by atoms with Gasteiger partial charge in [-0.15, -0.1) is 0 Å². The van der Waals surface area contributed by atoms with E-state index in [4.69, 9.17) is 14.2 Å². The predicted molar refractivity (Wildman–Crippen MR) is 75.1 cm³/mol. The molecular weight excluding hydrogens is 260 g/mol. The fourth-order valence-electron chi connectivity index (χ4n) is 2.00. The second kappa shape index (κ2) is 7.76. The largest absolute Gasteiger partial charge is 0.458 e. The van der Waals surface area contributed by atoms with Crippen molar-refractivity contribution < 1.29 is 24.1 Å². The molecule has 1 aliphatic rings. The first-order valence-corrected chi connectivity index (χ1v) is 7.19. The number of hydrogen-bond donors (Lipinski definition) is 1. The Labute approximate surface area is 120 Å². The Kier molecular flexibility index (Phi) is 6.65. The van der Waals surface area contributed by atoms with Crippen molar-refractivity contribution in [3.8, 4) is 0 Å². The molecule has 20 heavy (non-hydrogen) atoms. The van der Waals surface area contributed by atoms with Crippen molar-refractivity contribution in [2.24, 2.45) is 5.41 Å². The Balaban J connectivity index is 2.59. The molecule has 5 heteroatoms. The summed E-state index contributed by atoms with van der Waals surface area (Å²) in [6.45, 7) is 10.6. The van der Waals surface area contributed by atoms with Gasteiger partial charge in [-0.3, -0.25) is 0 Å². The van der Waals surface area contributed by atoms with Crippen molar-refractivity contribution in [3.63, 3.8) is 0 Å². The van der Waals surface area contributed by atoms with Crippen LogP contribution in [0.15, 0.2) is 12.7 Å². The summed E-state index contributed by atoms with van der Waals surface area (Å²) in [5.74, 6) is -0.471. The third-order valence-corrected chi connectivity index (χ3v) is 4.11. The first-order chi connectivity index (χ1) is 9.45. The molecule has 1 rings (SSSR count). The van der Waals surface area contributed by atoms with E-state index in [1.54, 1.807) is 0 Å². The van der Waals surface area contributed by atoms with Crippen LogP contribution in [0.3, 0.4) is 0 Å². The van der Waals surface area contributed by atoms with Crippen LogP contribution in [0.2, 0.25) is 0 Å². The molecule has 1 aliphatic heterocycles. The summed E-state index contributed by atoms with van der Waals surface area (Å²) in [7, 11) is 0. The lowest BCUT2D eigenvalue weighted by Gasteiger charge is -2.36. The summed E-state index contributed by atoms with van der Waals surface area (Å²) >= 11 is 0. The lowest BCUT2D eigenvalue weighted by atomic mass is 9.77. The average Bonchev–Trinajstić information content (AvgIpc) is 3.27. The number of rotatable bonds is 10. The summed E-state index contributed by atoms with van der Waals surface area (Å²) in [6, 6.07) is 0. The lowest BCUT2D eigenvalue weighted by molar-refractivity contribution is -0.167. The molecule has 0 radical (unpaired) electrons. The molecule has 1 saturated heterocycles. The molecule has 0 amide bonds. The molecule has 0 saturated carbocycles. The first-order valence-electron chi connectivity index (χ1n) is 7.19. The lowest BCUT2D eigenvalue weighted by Crippen LogP contribution is -2.38. The Morgan fingerprint density at radius 2 is 2.15 bits per heavy atom. The van der Waals surface area contributed by atoms with E-state index < -0.39 is 18.4 Å². The number of epoxide rings is 1. The van der Waals surface area contributed by atoms with E-state index in [2.05, 4.69) is 6.58 Å². The second-order valence-electron chi connectivity index (χ2n) is 5.47. The molecule has 1 N–H and O–H groups in total. The van der Waals surface area contributed by atoms with Gasteiger partial charge in [-0.05, 0) is 12.8 Å². The maximum absolute atomic E-state index is 11.5. The smallest absolute Gasteiger partial charge is 0.330 e. The van der Waals surface area contributed by atoms with Crippen LogP contribution < -0.4 is 0 Å². The zero-order valence-corrected chi connectivity index (χ0v) is 12.6. The van der Waals surface area contributed by atoms with E-state index in [1.165, 1.54) is 0 Å². The van der Waals surface area contributed by atoms with Crippen molar-refractivity contribution in [2.75, 3.05) is 13.2 Å². The summed E-state index contributed by atoms with van der Waals surface area (Å²) in [6.07, 6.45) is 1.82. The molecular formula is C15H26O5. The topological polar surface area (TPSA) is 68.3 Å². The molecule has 0 aromatic rings. The number of esters is 1. The maximum atomic E-state index is 11.5. The minimum absolute atomic E-state index is 0.0996. The van der Waals surface area contributed by atoms with Gasteiger partial charge in [-0.2, -0.15) is 0 Å². The van der Waals surface area contributed by atoms with Crippen molar-refractivity contribution in [2.45, 2.75) is 58.5 Å². The second-order valence-corrected chi connectivity index (χ2v) is 5.47. The number of hydrogen-bond acceptors (Lipinski definition) is 5. The highest BCUT2D eigenvalue weighted by atomic mass is 16.6. The minimum atomic E-state index is -0.959. The Bertz CT molecular complexity index is 320. The van der Waals surface area contributed by atoms with Gasteiger partial charge >= 0.3 is 5.97 Å². The van der Waals surface area contributed by atoms with Gasteiger partial charge in [0.05, 0.1) is 13.2 Å². The molecule has 0 spiro atoms. The van der Waals surface area contributed by atoms with Gasteiger partial charge in [0.2, 0.25) is 0 Å². The van der Waals surface area contributed by atoms with E-state index in [9.17, 15) is 9.90 Å². The average molecular weight is 286 g/mol. The quantitative estimate of drug-likeness (QED) is 0.288. The van der Waals surface area contributed by atoms with Crippen molar-refractivity contribution in [1.29, 1.82) is 0 Å². The van der Waals surface area contributed by atoms with Crippen LogP contribution in [-0.4, -0.2) is 42.8 Å². The van der Waals surface area contributed by atoms with Crippen LogP contribution in [0.5, 0.6) is 0 Å². The van der Waals surface area contributed by atoms with E-state index in [0.29, 0.717) is 13.2 Å². The number of aliphatic hydroxyl groups excluding tert-OH is 1. The molecule has 1 fully saturated rings. The van der Waals surface area contributed by atoms with Crippen LogP contribution in [0, 0.1) is 5.41 Å². The van der Waals surface area contributed by atoms with Gasteiger partial charge in [0.1, 0.15) is 12.2 Å². The minimum Gasteiger partial charge on any atom is -0.458 e. The number of carbonyl (C=O) groups excluding carboxylic acids is 1. The van der Waals surface area contributed by atoms with Crippen molar-refractivity contribution in [1.82, 2.24) is 0 Å². The van der Waals surface area contributed by atoms with Gasteiger partial charge in [0, 0.05) is 17.9 Å². The Morgan fingerprint density at radius 3 is 2.60 bits per heavy atom. The molecule has 1 heterocycles. The highest BCUT2D eigenvalue weighted by Crippen LogP contribution is 2.34. The fraction of sp³-hybridized carbons (Fsp3) is 0.800. The van der Waals surface area contributed by atoms with Crippen molar-refractivity contribution >= 4 is 5.97 Å². The molecule has 0 bridgehead atoms. The normalized spacial score (nSPS) is 21.1. The zero-order valence-electron chi connectivity index (χ0n) is 12.6. The van der Waals surface area contributed by atoms with E-state index in [0.717, 1.165) is 18.9 Å². The predicted octanol–water partition coefficient (Wildman–Crippen LogP) is 2.03. The SMILES string of the molecule is C=CC(=O)OC(CC(O)OCC1CO1)C(C)(CC)CC. The number of carbonyl (C=O) groups is 1. The molecule has 0 aromatic carbocycles. The monoisotopic (exact) mass is 286 g/mol. The maximum Gasteiger partial charge on any atom is 0.330 e. The number of aliphatic hydroxyl groups is 1. The third kappa shape index (κ3) is 5.23. The summed E-state index contributed by atoms with van der Waals surface area (Å²) in [5.41, 5.74) is -0.195. The first kappa shape index (κ1) is 17.1. The van der Waals surface area contributed by atoms with Crippen LogP contribution in [0.25, 0.3) is 0 Å². The van der Waals surface area contributed by atoms with Crippen LogP contribution in [-0.2, 0) is 19.0 Å². The fourth-order valence-corrected chi connectivity index (χ4v) is 2.00. The molecule has 3 unspecified atom stereocenters. The summed E-state index contributed by atoms with van der Waals surface area (Å²) in [5, 5.41) is 9.94. The van der Waals surface area contributed by atoms with Crippen LogP contribution >= 0.6 is 0 Å². The van der Waals surface area contributed by atoms with Gasteiger partial charge in [-0.1, -0.05) is 27.4 Å². The van der Waals surface area contributed by atoms with E-state index >= 15 is 0 Å². The highest BCUT2D eigenvalue weighted by Gasteiger charge is 2.36. The third-order valence-electron chi connectivity index (χ3n) is 4.11. The van der Waals surface area contributed by atoms with Gasteiger partial charge in [-0.25, -0.2) is 4.79 Å². The van der Waals surface area contributed by atoms with Crippen molar-refractivity contribution in [3.05, 3.63) is 12.7 Å². The van der Waals surface area contributed by atoms with Gasteiger partial charge < -0.3 is 19.3 Å². The molecule has 3 atom stereocenters. The summed E-state index contributed by atoms with van der Waals surface area (Å²) < 4.78 is 15.7. The van der Waals surface area contributed by atoms with Crippen LogP contribution in [0.4, 0.5) is 0 Å². The van der Waals surface area contributed by atoms with Gasteiger partial charge in [0.25, 0.3) is 0 Å².